The normalized spacial score (nSPS) is 11.0. The fourth-order valence-electron chi connectivity index (χ4n) is 2.93. The molecule has 7 heteroatoms. The van der Waals surface area contributed by atoms with Crippen molar-refractivity contribution in [2.75, 3.05) is 0 Å². The Kier molecular flexibility index (Phi) is 5.02. The number of hydrogen-bond acceptors (Lipinski definition) is 5. The number of para-hydroxylation sites is 1. The highest BCUT2D eigenvalue weighted by Gasteiger charge is 2.14. The van der Waals surface area contributed by atoms with Crippen molar-refractivity contribution in [2.24, 2.45) is 0 Å². The highest BCUT2D eigenvalue weighted by atomic mass is 32.2. The molecule has 4 rings (SSSR count). The zero-order valence-electron chi connectivity index (χ0n) is 15.3. The van der Waals surface area contributed by atoms with Gasteiger partial charge in [-0.15, -0.1) is 5.10 Å². The van der Waals surface area contributed by atoms with Crippen molar-refractivity contribution in [3.05, 3.63) is 72.2 Å². The lowest BCUT2D eigenvalue weighted by Gasteiger charge is -2.09. The van der Waals surface area contributed by atoms with Crippen molar-refractivity contribution in [1.82, 2.24) is 29.8 Å². The first kappa shape index (κ1) is 17.5. The van der Waals surface area contributed by atoms with Gasteiger partial charge in [-0.1, -0.05) is 59.8 Å². The van der Waals surface area contributed by atoms with E-state index < -0.39 is 0 Å². The molecule has 27 heavy (non-hydrogen) atoms. The zero-order chi connectivity index (χ0) is 18.6. The van der Waals surface area contributed by atoms with E-state index in [1.54, 1.807) is 16.4 Å². The summed E-state index contributed by atoms with van der Waals surface area (Å²) in [5.41, 5.74) is 4.51. The molecule has 0 radical (unpaired) electrons. The van der Waals surface area contributed by atoms with Crippen molar-refractivity contribution in [2.45, 2.75) is 31.3 Å². The van der Waals surface area contributed by atoms with E-state index >= 15 is 0 Å². The molecule has 0 saturated carbocycles. The molecule has 0 atom stereocenters. The van der Waals surface area contributed by atoms with Gasteiger partial charge in [-0.05, 0) is 42.0 Å². The molecule has 2 aromatic heterocycles. The number of imidazole rings is 1. The van der Waals surface area contributed by atoms with Crippen molar-refractivity contribution >= 4 is 11.8 Å². The Hall–Kier alpha value is -2.93. The van der Waals surface area contributed by atoms with E-state index in [2.05, 4.69) is 63.2 Å². The summed E-state index contributed by atoms with van der Waals surface area (Å²) in [5.74, 6) is 1.44. The van der Waals surface area contributed by atoms with Gasteiger partial charge in [0.2, 0.25) is 0 Å². The Bertz CT molecular complexity index is 1020. The zero-order valence-corrected chi connectivity index (χ0v) is 16.1. The van der Waals surface area contributed by atoms with Crippen LogP contribution in [0.2, 0.25) is 0 Å². The molecule has 2 heterocycles. The van der Waals surface area contributed by atoms with Gasteiger partial charge in [-0.2, -0.15) is 4.68 Å². The van der Waals surface area contributed by atoms with E-state index in [1.807, 2.05) is 36.5 Å². The molecule has 0 saturated heterocycles. The molecular weight excluding hydrogens is 356 g/mol. The Balaban J connectivity index is 1.56. The average Bonchev–Trinajstić information content (AvgIpc) is 3.34. The summed E-state index contributed by atoms with van der Waals surface area (Å²) in [5, 5.41) is 13.1. The Labute approximate surface area is 162 Å². The number of aryl methyl sites for hydroxylation is 1. The third-order valence-corrected chi connectivity index (χ3v) is 5.33. The Morgan fingerprint density at radius 3 is 2.52 bits per heavy atom. The standard InChI is InChI=1S/C20H20N6S/c1-3-25-18(16-11-9-15(2)10-12-16)13-21-20(25)27-14-19-22-23-24-26(19)17-7-5-4-6-8-17/h4-13H,3,14H2,1-2H3. The first-order valence-electron chi connectivity index (χ1n) is 8.84. The summed E-state index contributed by atoms with van der Waals surface area (Å²) in [6.07, 6.45) is 1.94. The van der Waals surface area contributed by atoms with Crippen LogP contribution in [0.15, 0.2) is 66.0 Å². The molecule has 0 spiro atoms. The predicted molar refractivity (Wildman–Crippen MR) is 107 cm³/mol. The molecule has 0 aliphatic heterocycles. The number of aromatic nitrogens is 6. The maximum atomic E-state index is 4.64. The van der Waals surface area contributed by atoms with Crippen molar-refractivity contribution in [1.29, 1.82) is 0 Å². The lowest BCUT2D eigenvalue weighted by molar-refractivity contribution is 0.687. The van der Waals surface area contributed by atoms with Gasteiger partial charge >= 0.3 is 0 Å². The van der Waals surface area contributed by atoms with Gasteiger partial charge in [0.1, 0.15) is 0 Å². The predicted octanol–water partition coefficient (Wildman–Crippen LogP) is 4.15. The number of thioether (sulfide) groups is 1. The molecule has 0 bridgehead atoms. The minimum absolute atomic E-state index is 0.645. The molecule has 0 amide bonds. The second-order valence-corrected chi connectivity index (χ2v) is 7.11. The Morgan fingerprint density at radius 2 is 1.78 bits per heavy atom. The van der Waals surface area contributed by atoms with Crippen molar-refractivity contribution < 1.29 is 0 Å². The minimum Gasteiger partial charge on any atom is -0.319 e. The quantitative estimate of drug-likeness (QED) is 0.473. The third kappa shape index (κ3) is 3.64. The van der Waals surface area contributed by atoms with E-state index in [9.17, 15) is 0 Å². The average molecular weight is 376 g/mol. The van der Waals surface area contributed by atoms with Crippen molar-refractivity contribution in [3.8, 4) is 16.9 Å². The topological polar surface area (TPSA) is 61.4 Å². The monoisotopic (exact) mass is 376 g/mol. The number of rotatable bonds is 6. The van der Waals surface area contributed by atoms with Gasteiger partial charge in [-0.3, -0.25) is 0 Å². The molecule has 2 aromatic carbocycles. The van der Waals surface area contributed by atoms with E-state index in [0.29, 0.717) is 5.75 Å². The van der Waals surface area contributed by atoms with Crippen LogP contribution in [-0.2, 0) is 12.3 Å². The van der Waals surface area contributed by atoms with Gasteiger partial charge in [0.05, 0.1) is 23.3 Å². The summed E-state index contributed by atoms with van der Waals surface area (Å²) in [4.78, 5) is 4.64. The van der Waals surface area contributed by atoms with Crippen LogP contribution in [0.1, 0.15) is 18.3 Å². The van der Waals surface area contributed by atoms with E-state index in [1.165, 1.54) is 11.1 Å². The summed E-state index contributed by atoms with van der Waals surface area (Å²) in [6, 6.07) is 18.5. The molecule has 136 valence electrons. The van der Waals surface area contributed by atoms with Crippen LogP contribution >= 0.6 is 11.8 Å². The first-order chi connectivity index (χ1) is 13.3. The maximum absolute atomic E-state index is 4.64. The fraction of sp³-hybridized carbons (Fsp3) is 0.200. The molecule has 0 aliphatic carbocycles. The van der Waals surface area contributed by atoms with Crippen LogP contribution in [-0.4, -0.2) is 29.8 Å². The molecule has 6 nitrogen and oxygen atoms in total. The third-order valence-electron chi connectivity index (χ3n) is 4.35. The molecular formula is C20H20N6S. The largest absolute Gasteiger partial charge is 0.319 e. The van der Waals surface area contributed by atoms with Crippen LogP contribution in [0.5, 0.6) is 0 Å². The second-order valence-electron chi connectivity index (χ2n) is 6.17. The van der Waals surface area contributed by atoms with E-state index in [0.717, 1.165) is 28.9 Å². The van der Waals surface area contributed by atoms with Crippen LogP contribution in [0.4, 0.5) is 0 Å². The van der Waals surface area contributed by atoms with Gasteiger partial charge in [0.15, 0.2) is 11.0 Å². The van der Waals surface area contributed by atoms with Crippen LogP contribution in [0, 0.1) is 6.92 Å². The number of nitrogens with zero attached hydrogens (tertiary/aromatic N) is 6. The van der Waals surface area contributed by atoms with Crippen LogP contribution in [0.25, 0.3) is 16.9 Å². The minimum atomic E-state index is 0.645. The van der Waals surface area contributed by atoms with Crippen molar-refractivity contribution in [3.63, 3.8) is 0 Å². The number of tetrazole rings is 1. The lowest BCUT2D eigenvalue weighted by Crippen LogP contribution is -2.03. The first-order valence-corrected chi connectivity index (χ1v) is 9.83. The summed E-state index contributed by atoms with van der Waals surface area (Å²) < 4.78 is 4.00. The highest BCUT2D eigenvalue weighted by molar-refractivity contribution is 7.98. The van der Waals surface area contributed by atoms with Gasteiger partial charge in [0, 0.05) is 6.54 Å². The van der Waals surface area contributed by atoms with Crippen LogP contribution < -0.4 is 0 Å². The summed E-state index contributed by atoms with van der Waals surface area (Å²) >= 11 is 1.65. The molecule has 0 aliphatic rings. The highest BCUT2D eigenvalue weighted by Crippen LogP contribution is 2.28. The SMILES string of the molecule is CCn1c(-c2ccc(C)cc2)cnc1SCc1nnnn1-c1ccccc1. The number of benzene rings is 2. The Morgan fingerprint density at radius 1 is 1.00 bits per heavy atom. The van der Waals surface area contributed by atoms with Crippen LogP contribution in [0.3, 0.4) is 0 Å². The van der Waals surface area contributed by atoms with E-state index in [4.69, 9.17) is 0 Å². The number of hydrogen-bond donors (Lipinski definition) is 0. The summed E-state index contributed by atoms with van der Waals surface area (Å²) in [7, 11) is 0. The van der Waals surface area contributed by atoms with E-state index in [-0.39, 0.29) is 0 Å². The van der Waals surface area contributed by atoms with Gasteiger partial charge < -0.3 is 4.57 Å². The van der Waals surface area contributed by atoms with Gasteiger partial charge in [-0.25, -0.2) is 4.98 Å². The lowest BCUT2D eigenvalue weighted by atomic mass is 10.1. The molecule has 0 N–H and O–H groups in total. The maximum Gasteiger partial charge on any atom is 0.168 e. The molecule has 0 unspecified atom stereocenters. The molecule has 0 fully saturated rings. The summed E-state index contributed by atoms with van der Waals surface area (Å²) in [6.45, 7) is 5.09. The molecule has 4 aromatic rings. The second kappa shape index (κ2) is 7.75. The van der Waals surface area contributed by atoms with Gasteiger partial charge in [0.25, 0.3) is 0 Å². The smallest absolute Gasteiger partial charge is 0.168 e. The fourth-order valence-corrected chi connectivity index (χ4v) is 3.88.